The van der Waals surface area contributed by atoms with Crippen LogP contribution in [0.2, 0.25) is 0 Å². The molecule has 0 fully saturated rings. The monoisotopic (exact) mass is 250 g/mol. The van der Waals surface area contributed by atoms with Gasteiger partial charge in [-0.1, -0.05) is 0 Å². The summed E-state index contributed by atoms with van der Waals surface area (Å²) < 4.78 is 37.0. The van der Waals surface area contributed by atoms with E-state index in [2.05, 4.69) is 10.4 Å². The predicted octanol–water partition coefficient (Wildman–Crippen LogP) is 1.13. The topological polar surface area (TPSA) is 59.0 Å². The third-order valence-corrected chi connectivity index (χ3v) is 1.85. The van der Waals surface area contributed by atoms with Crippen molar-refractivity contribution in [2.45, 2.75) is 25.7 Å². The number of urea groups is 1. The van der Waals surface area contributed by atoms with Gasteiger partial charge in [-0.3, -0.25) is 4.68 Å². The summed E-state index contributed by atoms with van der Waals surface area (Å²) in [5.41, 5.74) is 0. The summed E-state index contributed by atoms with van der Waals surface area (Å²) in [5.74, 6) is 0. The van der Waals surface area contributed by atoms with Gasteiger partial charge in [-0.2, -0.15) is 18.3 Å². The Balaban J connectivity index is 2.26. The molecule has 0 unspecified atom stereocenters. The fourth-order valence-corrected chi connectivity index (χ4v) is 1.19. The van der Waals surface area contributed by atoms with Crippen molar-refractivity contribution < 1.29 is 18.0 Å². The van der Waals surface area contributed by atoms with Gasteiger partial charge in [0.25, 0.3) is 0 Å². The van der Waals surface area contributed by atoms with Crippen molar-refractivity contribution in [3.63, 3.8) is 0 Å². The first kappa shape index (κ1) is 13.3. The van der Waals surface area contributed by atoms with E-state index in [1.807, 2.05) is 0 Å². The number of nitrogens with one attached hydrogen (secondary N) is 2. The predicted molar refractivity (Wildman–Crippen MR) is 54.3 cm³/mol. The fourth-order valence-electron chi connectivity index (χ4n) is 1.19. The van der Waals surface area contributed by atoms with Crippen molar-refractivity contribution in [3.8, 4) is 0 Å². The van der Waals surface area contributed by atoms with Crippen LogP contribution in [0.5, 0.6) is 0 Å². The van der Waals surface area contributed by atoms with Gasteiger partial charge in [0.15, 0.2) is 0 Å². The van der Waals surface area contributed by atoms with Crippen molar-refractivity contribution in [2.75, 3.05) is 6.54 Å². The minimum absolute atomic E-state index is 0.317. The van der Waals surface area contributed by atoms with Crippen LogP contribution in [0.4, 0.5) is 18.0 Å². The van der Waals surface area contributed by atoms with Gasteiger partial charge < -0.3 is 10.6 Å². The molecule has 1 rings (SSSR count). The highest BCUT2D eigenvalue weighted by Crippen LogP contribution is 2.11. The normalized spacial score (nSPS) is 13.2. The highest BCUT2D eigenvalue weighted by molar-refractivity contribution is 5.74. The Morgan fingerprint density at radius 2 is 2.24 bits per heavy atom. The number of rotatable bonds is 4. The average Bonchev–Trinajstić information content (AvgIpc) is 2.66. The van der Waals surface area contributed by atoms with E-state index in [1.165, 1.54) is 0 Å². The Morgan fingerprint density at radius 1 is 1.53 bits per heavy atom. The molecule has 0 radical (unpaired) electrons. The Labute approximate surface area is 96.0 Å². The van der Waals surface area contributed by atoms with Gasteiger partial charge in [-0.05, 0) is 13.0 Å². The van der Waals surface area contributed by atoms with Crippen LogP contribution in [-0.2, 0) is 6.54 Å². The first-order chi connectivity index (χ1) is 7.87. The molecule has 1 atom stereocenters. The Kier molecular flexibility index (Phi) is 4.36. The van der Waals surface area contributed by atoms with E-state index in [0.717, 1.165) is 0 Å². The lowest BCUT2D eigenvalue weighted by Crippen LogP contribution is -2.45. The lowest BCUT2D eigenvalue weighted by molar-refractivity contribution is -0.122. The van der Waals surface area contributed by atoms with Gasteiger partial charge in [0.05, 0.1) is 6.54 Å². The summed E-state index contributed by atoms with van der Waals surface area (Å²) in [7, 11) is 0. The maximum Gasteiger partial charge on any atom is 0.405 e. The van der Waals surface area contributed by atoms with Crippen LogP contribution in [0.1, 0.15) is 6.92 Å². The number of hydrogen-bond donors (Lipinski definition) is 2. The lowest BCUT2D eigenvalue weighted by Gasteiger charge is -2.15. The van der Waals surface area contributed by atoms with Gasteiger partial charge in [-0.15, -0.1) is 0 Å². The SMILES string of the molecule is C[C@H](Cn1cccn1)NC(=O)NCC(F)(F)F. The van der Waals surface area contributed by atoms with Crippen molar-refractivity contribution in [1.82, 2.24) is 20.4 Å². The fraction of sp³-hybridized carbons (Fsp3) is 0.556. The molecule has 8 heteroatoms. The van der Waals surface area contributed by atoms with Gasteiger partial charge >= 0.3 is 12.2 Å². The molecule has 96 valence electrons. The van der Waals surface area contributed by atoms with E-state index in [9.17, 15) is 18.0 Å². The minimum atomic E-state index is -4.40. The second-order valence-electron chi connectivity index (χ2n) is 3.57. The molecule has 0 aliphatic heterocycles. The number of halogens is 3. The second-order valence-corrected chi connectivity index (χ2v) is 3.57. The van der Waals surface area contributed by atoms with Crippen molar-refractivity contribution in [2.24, 2.45) is 0 Å². The zero-order chi connectivity index (χ0) is 12.9. The molecule has 0 saturated heterocycles. The molecule has 5 nitrogen and oxygen atoms in total. The molecule has 2 N–H and O–H groups in total. The Morgan fingerprint density at radius 3 is 2.76 bits per heavy atom. The smallest absolute Gasteiger partial charge is 0.334 e. The maximum atomic E-state index is 11.8. The maximum absolute atomic E-state index is 11.8. The third kappa shape index (κ3) is 5.79. The van der Waals surface area contributed by atoms with Crippen molar-refractivity contribution >= 4 is 6.03 Å². The minimum Gasteiger partial charge on any atom is -0.334 e. The molecule has 0 aromatic carbocycles. The molecule has 0 spiro atoms. The van der Waals surface area contributed by atoms with E-state index >= 15 is 0 Å². The highest BCUT2D eigenvalue weighted by Gasteiger charge is 2.27. The van der Waals surface area contributed by atoms with Crippen LogP contribution < -0.4 is 10.6 Å². The van der Waals surface area contributed by atoms with Crippen LogP contribution in [0, 0.1) is 0 Å². The third-order valence-electron chi connectivity index (χ3n) is 1.85. The summed E-state index contributed by atoms with van der Waals surface area (Å²) in [6.45, 7) is 0.731. The number of carbonyl (C=O) groups excluding carboxylic acids is 1. The van der Waals surface area contributed by atoms with Crippen molar-refractivity contribution in [1.29, 1.82) is 0 Å². The molecule has 1 aromatic rings. The molecule has 0 aliphatic carbocycles. The zero-order valence-corrected chi connectivity index (χ0v) is 9.16. The Hall–Kier alpha value is -1.73. The van der Waals surface area contributed by atoms with Crippen LogP contribution >= 0.6 is 0 Å². The number of alkyl halides is 3. The summed E-state index contributed by atoms with van der Waals surface area (Å²) in [5, 5.41) is 8.02. The van der Waals surface area contributed by atoms with Crippen LogP contribution in [0.25, 0.3) is 0 Å². The van der Waals surface area contributed by atoms with Gasteiger partial charge in [0.1, 0.15) is 6.54 Å². The standard InChI is InChI=1S/C9H13F3N4O/c1-7(5-16-4-2-3-14-16)15-8(17)13-6-9(10,11)12/h2-4,7H,5-6H2,1H3,(H2,13,15,17)/t7-/m1/s1. The van der Waals surface area contributed by atoms with Crippen molar-refractivity contribution in [3.05, 3.63) is 18.5 Å². The van der Waals surface area contributed by atoms with Crippen LogP contribution in [0.3, 0.4) is 0 Å². The molecule has 0 saturated carbocycles. The quantitative estimate of drug-likeness (QED) is 0.841. The van der Waals surface area contributed by atoms with E-state index in [1.54, 1.807) is 35.4 Å². The zero-order valence-electron chi connectivity index (χ0n) is 9.16. The summed E-state index contributed by atoms with van der Waals surface area (Å²) >= 11 is 0. The molecule has 1 heterocycles. The molecule has 17 heavy (non-hydrogen) atoms. The van der Waals surface area contributed by atoms with E-state index in [-0.39, 0.29) is 6.04 Å². The average molecular weight is 250 g/mol. The second kappa shape index (κ2) is 5.55. The Bertz CT molecular complexity index is 350. The van der Waals surface area contributed by atoms with Gasteiger partial charge in [0, 0.05) is 18.4 Å². The number of aromatic nitrogens is 2. The van der Waals surface area contributed by atoms with E-state index in [0.29, 0.717) is 6.54 Å². The molecule has 1 aromatic heterocycles. The first-order valence-corrected chi connectivity index (χ1v) is 4.95. The molecule has 0 aliphatic rings. The van der Waals surface area contributed by atoms with Gasteiger partial charge in [0.2, 0.25) is 0 Å². The molecule has 0 bridgehead atoms. The number of nitrogens with zero attached hydrogens (tertiary/aromatic N) is 2. The number of carbonyl (C=O) groups is 1. The summed E-state index contributed by atoms with van der Waals surface area (Å²) in [6.07, 6.45) is -1.12. The largest absolute Gasteiger partial charge is 0.405 e. The van der Waals surface area contributed by atoms with Crippen LogP contribution in [0.15, 0.2) is 18.5 Å². The first-order valence-electron chi connectivity index (χ1n) is 4.95. The van der Waals surface area contributed by atoms with Crippen LogP contribution in [-0.4, -0.2) is 34.6 Å². The number of hydrogen-bond acceptors (Lipinski definition) is 2. The molecule has 2 amide bonds. The summed E-state index contributed by atoms with van der Waals surface area (Å²) in [4.78, 5) is 11.1. The number of amides is 2. The lowest BCUT2D eigenvalue weighted by atomic mass is 10.3. The van der Waals surface area contributed by atoms with E-state index < -0.39 is 18.8 Å². The molecular weight excluding hydrogens is 237 g/mol. The van der Waals surface area contributed by atoms with Gasteiger partial charge in [-0.25, -0.2) is 4.79 Å². The molecular formula is C9H13F3N4O. The summed E-state index contributed by atoms with van der Waals surface area (Å²) in [6, 6.07) is 0.557. The highest BCUT2D eigenvalue weighted by atomic mass is 19.4. The van der Waals surface area contributed by atoms with E-state index in [4.69, 9.17) is 0 Å².